The zero-order valence-electron chi connectivity index (χ0n) is 8.47. The third kappa shape index (κ3) is 4.51. The standard InChI is InChI=1S/C11H13BrINO/c1-2-9(12)7-14-11(15)8-4-3-5-10(13)6-8/h3-6,9H,2,7H2,1H3,(H,14,15). The second kappa shape index (κ2) is 6.48. The van der Waals surface area contributed by atoms with Gasteiger partial charge in [0.1, 0.15) is 0 Å². The summed E-state index contributed by atoms with van der Waals surface area (Å²) in [7, 11) is 0. The van der Waals surface area contributed by atoms with Crippen LogP contribution in [0, 0.1) is 3.57 Å². The molecule has 2 nitrogen and oxygen atoms in total. The first-order chi connectivity index (χ1) is 7.13. The molecule has 0 fully saturated rings. The molecule has 0 radical (unpaired) electrons. The molecule has 1 unspecified atom stereocenters. The fourth-order valence-corrected chi connectivity index (χ4v) is 1.78. The van der Waals surface area contributed by atoms with Gasteiger partial charge in [-0.2, -0.15) is 0 Å². The Labute approximate surface area is 112 Å². The van der Waals surface area contributed by atoms with E-state index < -0.39 is 0 Å². The minimum absolute atomic E-state index is 0.00795. The number of benzene rings is 1. The first kappa shape index (κ1) is 13.0. The number of hydrogen-bond acceptors (Lipinski definition) is 1. The number of alkyl halides is 1. The van der Waals surface area contributed by atoms with Crippen LogP contribution in [0.2, 0.25) is 0 Å². The lowest BCUT2D eigenvalue weighted by Crippen LogP contribution is -2.29. The summed E-state index contributed by atoms with van der Waals surface area (Å²) < 4.78 is 1.08. The van der Waals surface area contributed by atoms with Crippen molar-refractivity contribution in [2.24, 2.45) is 0 Å². The Balaban J connectivity index is 2.54. The lowest BCUT2D eigenvalue weighted by Gasteiger charge is -2.08. The average molecular weight is 382 g/mol. The third-order valence-electron chi connectivity index (χ3n) is 2.01. The van der Waals surface area contributed by atoms with Crippen LogP contribution in [0.1, 0.15) is 23.7 Å². The molecule has 0 heterocycles. The van der Waals surface area contributed by atoms with Crippen LogP contribution in [0.25, 0.3) is 0 Å². The highest BCUT2D eigenvalue weighted by Gasteiger charge is 2.07. The van der Waals surface area contributed by atoms with Crippen molar-refractivity contribution in [2.45, 2.75) is 18.2 Å². The summed E-state index contributed by atoms with van der Waals surface area (Å²) >= 11 is 5.67. The Hall–Kier alpha value is -0.100. The predicted molar refractivity (Wildman–Crippen MR) is 74.5 cm³/mol. The van der Waals surface area contributed by atoms with Crippen molar-refractivity contribution in [3.05, 3.63) is 33.4 Å². The van der Waals surface area contributed by atoms with Gasteiger partial charge in [0.15, 0.2) is 0 Å². The van der Waals surface area contributed by atoms with Gasteiger partial charge in [-0.1, -0.05) is 28.9 Å². The second-order valence-electron chi connectivity index (χ2n) is 3.23. The van der Waals surface area contributed by atoms with Gasteiger partial charge in [0.25, 0.3) is 5.91 Å². The summed E-state index contributed by atoms with van der Waals surface area (Å²) in [5.41, 5.74) is 0.720. The largest absolute Gasteiger partial charge is 0.351 e. The normalized spacial score (nSPS) is 12.2. The molecule has 1 aromatic carbocycles. The molecule has 4 heteroatoms. The van der Waals surface area contributed by atoms with Crippen LogP contribution in [0.15, 0.2) is 24.3 Å². The van der Waals surface area contributed by atoms with E-state index in [-0.39, 0.29) is 5.91 Å². The van der Waals surface area contributed by atoms with Crippen LogP contribution in [-0.2, 0) is 0 Å². The van der Waals surface area contributed by atoms with Gasteiger partial charge in [-0.05, 0) is 47.2 Å². The average Bonchev–Trinajstić information content (AvgIpc) is 2.25. The molecule has 1 atom stereocenters. The van der Waals surface area contributed by atoms with Crippen molar-refractivity contribution >= 4 is 44.4 Å². The Morgan fingerprint density at radius 1 is 1.60 bits per heavy atom. The summed E-state index contributed by atoms with van der Waals surface area (Å²) in [5, 5.41) is 2.89. The van der Waals surface area contributed by atoms with Gasteiger partial charge in [0.2, 0.25) is 0 Å². The van der Waals surface area contributed by atoms with Crippen LogP contribution in [0.3, 0.4) is 0 Å². The van der Waals surface area contributed by atoms with Crippen LogP contribution < -0.4 is 5.32 Å². The Morgan fingerprint density at radius 2 is 2.33 bits per heavy atom. The summed E-state index contributed by atoms with van der Waals surface area (Å²) in [6.45, 7) is 2.75. The van der Waals surface area contributed by atoms with Crippen LogP contribution in [-0.4, -0.2) is 17.3 Å². The van der Waals surface area contributed by atoms with E-state index >= 15 is 0 Å². The van der Waals surface area contributed by atoms with Gasteiger partial charge in [-0.25, -0.2) is 0 Å². The van der Waals surface area contributed by atoms with E-state index in [2.05, 4.69) is 50.8 Å². The van der Waals surface area contributed by atoms with Gasteiger partial charge < -0.3 is 5.32 Å². The zero-order chi connectivity index (χ0) is 11.3. The molecule has 0 saturated carbocycles. The van der Waals surface area contributed by atoms with E-state index in [1.54, 1.807) is 0 Å². The second-order valence-corrected chi connectivity index (χ2v) is 5.77. The molecule has 0 aliphatic heterocycles. The number of rotatable bonds is 4. The Kier molecular flexibility index (Phi) is 5.60. The lowest BCUT2D eigenvalue weighted by molar-refractivity contribution is 0.0954. The smallest absolute Gasteiger partial charge is 0.251 e. The van der Waals surface area contributed by atoms with E-state index in [9.17, 15) is 4.79 Å². The number of amides is 1. The highest BCUT2D eigenvalue weighted by Crippen LogP contribution is 2.08. The maximum atomic E-state index is 11.7. The van der Waals surface area contributed by atoms with Gasteiger partial charge in [-0.15, -0.1) is 0 Å². The maximum absolute atomic E-state index is 11.7. The quantitative estimate of drug-likeness (QED) is 0.629. The van der Waals surface area contributed by atoms with E-state index in [4.69, 9.17) is 0 Å². The maximum Gasteiger partial charge on any atom is 0.251 e. The summed E-state index contributed by atoms with van der Waals surface area (Å²) in [6, 6.07) is 7.57. The third-order valence-corrected chi connectivity index (χ3v) is 3.66. The fourth-order valence-electron chi connectivity index (χ4n) is 1.08. The van der Waals surface area contributed by atoms with Crippen LogP contribution >= 0.6 is 38.5 Å². The van der Waals surface area contributed by atoms with E-state index in [1.165, 1.54) is 0 Å². The molecule has 1 N–H and O–H groups in total. The number of halogens is 2. The minimum Gasteiger partial charge on any atom is -0.351 e. The van der Waals surface area contributed by atoms with Crippen molar-refractivity contribution in [3.8, 4) is 0 Å². The van der Waals surface area contributed by atoms with Crippen molar-refractivity contribution in [2.75, 3.05) is 6.54 Å². The number of hydrogen-bond donors (Lipinski definition) is 1. The minimum atomic E-state index is -0.00795. The summed E-state index contributed by atoms with van der Waals surface area (Å²) in [6.07, 6.45) is 1.01. The number of carbonyl (C=O) groups is 1. The molecule has 1 amide bonds. The van der Waals surface area contributed by atoms with Gasteiger partial charge in [-0.3, -0.25) is 4.79 Å². The Bertz CT molecular complexity index is 343. The Morgan fingerprint density at radius 3 is 2.93 bits per heavy atom. The molecule has 1 rings (SSSR count). The van der Waals surface area contributed by atoms with Crippen LogP contribution in [0.5, 0.6) is 0 Å². The molecule has 15 heavy (non-hydrogen) atoms. The molecule has 82 valence electrons. The SMILES string of the molecule is CCC(Br)CNC(=O)c1cccc(I)c1. The topological polar surface area (TPSA) is 29.1 Å². The van der Waals surface area contributed by atoms with E-state index in [0.717, 1.165) is 15.6 Å². The highest BCUT2D eigenvalue weighted by molar-refractivity contribution is 14.1. The molecular weight excluding hydrogens is 369 g/mol. The van der Waals surface area contributed by atoms with Gasteiger partial charge in [0, 0.05) is 20.5 Å². The summed E-state index contributed by atoms with van der Waals surface area (Å²) in [5.74, 6) is -0.00795. The summed E-state index contributed by atoms with van der Waals surface area (Å²) in [4.78, 5) is 12.0. The predicted octanol–water partition coefficient (Wildman–Crippen LogP) is 3.19. The van der Waals surface area contributed by atoms with E-state index in [1.807, 2.05) is 24.3 Å². The van der Waals surface area contributed by atoms with Crippen LogP contribution in [0.4, 0.5) is 0 Å². The molecule has 0 aliphatic carbocycles. The molecule has 0 spiro atoms. The molecule has 0 saturated heterocycles. The van der Waals surface area contributed by atoms with Crippen molar-refractivity contribution in [1.29, 1.82) is 0 Å². The van der Waals surface area contributed by atoms with Crippen molar-refractivity contribution in [1.82, 2.24) is 5.32 Å². The van der Waals surface area contributed by atoms with Crippen molar-refractivity contribution in [3.63, 3.8) is 0 Å². The first-order valence-electron chi connectivity index (χ1n) is 4.81. The number of nitrogens with one attached hydrogen (secondary N) is 1. The fraction of sp³-hybridized carbons (Fsp3) is 0.364. The van der Waals surface area contributed by atoms with Gasteiger partial charge >= 0.3 is 0 Å². The van der Waals surface area contributed by atoms with E-state index in [0.29, 0.717) is 11.4 Å². The first-order valence-corrected chi connectivity index (χ1v) is 6.80. The number of carbonyl (C=O) groups excluding carboxylic acids is 1. The zero-order valence-corrected chi connectivity index (χ0v) is 12.2. The highest BCUT2D eigenvalue weighted by atomic mass is 127. The molecular formula is C11H13BrINO. The van der Waals surface area contributed by atoms with Crippen molar-refractivity contribution < 1.29 is 4.79 Å². The molecule has 1 aromatic rings. The molecule has 0 aromatic heterocycles. The monoisotopic (exact) mass is 381 g/mol. The lowest BCUT2D eigenvalue weighted by atomic mass is 10.2. The molecule has 0 bridgehead atoms. The molecule has 0 aliphatic rings. The van der Waals surface area contributed by atoms with Gasteiger partial charge in [0.05, 0.1) is 0 Å².